The highest BCUT2D eigenvalue weighted by atomic mass is 16.2. The molecule has 0 bridgehead atoms. The van der Waals surface area contributed by atoms with Crippen molar-refractivity contribution in [2.75, 3.05) is 25.0 Å². The molecule has 2 N–H and O–H groups in total. The fourth-order valence-electron chi connectivity index (χ4n) is 4.05. The highest BCUT2D eigenvalue weighted by Crippen LogP contribution is 2.24. The first-order chi connectivity index (χ1) is 14.1. The lowest BCUT2D eigenvalue weighted by Gasteiger charge is -2.31. The summed E-state index contributed by atoms with van der Waals surface area (Å²) >= 11 is 0. The van der Waals surface area contributed by atoms with Gasteiger partial charge in [0.2, 0.25) is 0 Å². The number of carbonyl (C=O) groups is 2. The normalized spacial score (nSPS) is 16.1. The van der Waals surface area contributed by atoms with Crippen LogP contribution in [-0.2, 0) is 23.1 Å². The van der Waals surface area contributed by atoms with Gasteiger partial charge in [-0.05, 0) is 56.1 Å². The van der Waals surface area contributed by atoms with E-state index in [-0.39, 0.29) is 6.04 Å². The molecule has 1 aliphatic heterocycles. The smallest absolute Gasteiger partial charge is 0.313 e. The molecule has 156 valence electrons. The summed E-state index contributed by atoms with van der Waals surface area (Å²) in [6, 6.07) is 11.8. The summed E-state index contributed by atoms with van der Waals surface area (Å²) in [5, 5.41) is 5.62. The molecule has 0 spiro atoms. The Morgan fingerprint density at radius 3 is 2.38 bits per heavy atom. The van der Waals surface area contributed by atoms with Gasteiger partial charge in [0, 0.05) is 31.2 Å². The number of para-hydroxylation sites is 1. The fraction of sp³-hybridized carbons (Fsp3) is 0.478. The van der Waals surface area contributed by atoms with E-state index >= 15 is 0 Å². The molecule has 1 unspecified atom stereocenters. The van der Waals surface area contributed by atoms with E-state index in [4.69, 9.17) is 0 Å². The molecule has 29 heavy (non-hydrogen) atoms. The van der Waals surface area contributed by atoms with Gasteiger partial charge in [-0.2, -0.15) is 0 Å². The Kier molecular flexibility index (Phi) is 7.47. The maximum atomic E-state index is 12.5. The first-order valence-corrected chi connectivity index (χ1v) is 10.6. The van der Waals surface area contributed by atoms with Gasteiger partial charge in [-0.25, -0.2) is 0 Å². The van der Waals surface area contributed by atoms with Crippen molar-refractivity contribution in [3.05, 3.63) is 53.9 Å². The topological polar surface area (TPSA) is 66.4 Å². The lowest BCUT2D eigenvalue weighted by molar-refractivity contribution is -0.136. The standard InChI is InChI=1S/C23H32N4O2/c1-3-18-11-6-7-12-19(18)25-23(29)22(28)24-17-21(20-13-10-14-26(20)2)27-15-8-4-5-9-16-27/h6-7,10-14,21H,3-5,8-9,15-17H2,1-2H3,(H,24,28)(H,25,29). The Morgan fingerprint density at radius 1 is 1.00 bits per heavy atom. The Hall–Kier alpha value is -2.60. The average Bonchev–Trinajstić information content (AvgIpc) is 2.98. The van der Waals surface area contributed by atoms with Gasteiger partial charge in [0.25, 0.3) is 0 Å². The van der Waals surface area contributed by atoms with Crippen LogP contribution in [0.4, 0.5) is 5.69 Å². The molecule has 2 aromatic rings. The zero-order valence-electron chi connectivity index (χ0n) is 17.5. The van der Waals surface area contributed by atoms with E-state index in [1.165, 1.54) is 25.7 Å². The summed E-state index contributed by atoms with van der Waals surface area (Å²) in [5.74, 6) is -1.21. The van der Waals surface area contributed by atoms with Crippen molar-refractivity contribution in [3.63, 3.8) is 0 Å². The summed E-state index contributed by atoms with van der Waals surface area (Å²) in [7, 11) is 2.02. The number of amides is 2. The number of aryl methyl sites for hydroxylation is 2. The van der Waals surface area contributed by atoms with Crippen LogP contribution in [-0.4, -0.2) is 40.9 Å². The van der Waals surface area contributed by atoms with Gasteiger partial charge in [-0.1, -0.05) is 38.0 Å². The second kappa shape index (κ2) is 10.3. The molecule has 2 heterocycles. The highest BCUT2D eigenvalue weighted by molar-refractivity contribution is 6.39. The zero-order valence-corrected chi connectivity index (χ0v) is 17.5. The Morgan fingerprint density at radius 2 is 1.72 bits per heavy atom. The predicted molar refractivity (Wildman–Crippen MR) is 116 cm³/mol. The molecule has 1 aromatic heterocycles. The molecule has 1 saturated heterocycles. The fourth-order valence-corrected chi connectivity index (χ4v) is 4.05. The largest absolute Gasteiger partial charge is 0.353 e. The molecule has 0 radical (unpaired) electrons. The van der Waals surface area contributed by atoms with Crippen molar-refractivity contribution >= 4 is 17.5 Å². The average molecular weight is 397 g/mol. The lowest BCUT2D eigenvalue weighted by atomic mass is 10.1. The molecule has 6 heteroatoms. The van der Waals surface area contributed by atoms with Crippen LogP contribution in [0.1, 0.15) is 49.9 Å². The third kappa shape index (κ3) is 5.48. The maximum Gasteiger partial charge on any atom is 0.313 e. The van der Waals surface area contributed by atoms with Crippen LogP contribution in [0.2, 0.25) is 0 Å². The van der Waals surface area contributed by atoms with E-state index in [0.717, 1.165) is 30.8 Å². The number of rotatable bonds is 6. The van der Waals surface area contributed by atoms with Crippen molar-refractivity contribution in [1.29, 1.82) is 0 Å². The van der Waals surface area contributed by atoms with Crippen LogP contribution in [0.5, 0.6) is 0 Å². The maximum absolute atomic E-state index is 12.5. The molecule has 1 aliphatic rings. The summed E-state index contributed by atoms with van der Waals surface area (Å²) < 4.78 is 2.10. The molecule has 1 aromatic carbocycles. The Balaban J connectivity index is 1.66. The van der Waals surface area contributed by atoms with Crippen molar-refractivity contribution in [2.24, 2.45) is 7.05 Å². The van der Waals surface area contributed by atoms with E-state index in [1.807, 2.05) is 50.5 Å². The number of nitrogens with zero attached hydrogens (tertiary/aromatic N) is 2. The quantitative estimate of drug-likeness (QED) is 0.737. The van der Waals surface area contributed by atoms with Crippen LogP contribution in [0.25, 0.3) is 0 Å². The number of hydrogen-bond donors (Lipinski definition) is 2. The molecule has 6 nitrogen and oxygen atoms in total. The molecule has 2 amide bonds. The first-order valence-electron chi connectivity index (χ1n) is 10.6. The number of anilines is 1. The molecular weight excluding hydrogens is 364 g/mol. The number of carbonyl (C=O) groups excluding carboxylic acids is 2. The number of likely N-dealkylation sites (tertiary alicyclic amines) is 1. The van der Waals surface area contributed by atoms with Crippen LogP contribution in [0.3, 0.4) is 0 Å². The monoisotopic (exact) mass is 396 g/mol. The van der Waals surface area contributed by atoms with Crippen molar-refractivity contribution < 1.29 is 9.59 Å². The minimum atomic E-state index is -0.618. The number of hydrogen-bond acceptors (Lipinski definition) is 3. The second-order valence-electron chi connectivity index (χ2n) is 7.68. The highest BCUT2D eigenvalue weighted by Gasteiger charge is 2.25. The lowest BCUT2D eigenvalue weighted by Crippen LogP contribution is -2.43. The van der Waals surface area contributed by atoms with Crippen LogP contribution >= 0.6 is 0 Å². The molecule has 0 saturated carbocycles. The molecular formula is C23H32N4O2. The summed E-state index contributed by atoms with van der Waals surface area (Å²) in [5.41, 5.74) is 2.87. The van der Waals surface area contributed by atoms with E-state index in [1.54, 1.807) is 0 Å². The number of nitrogens with one attached hydrogen (secondary N) is 2. The minimum Gasteiger partial charge on any atom is -0.353 e. The van der Waals surface area contributed by atoms with Gasteiger partial charge in [0.05, 0.1) is 6.04 Å². The van der Waals surface area contributed by atoms with Crippen molar-refractivity contribution in [1.82, 2.24) is 14.8 Å². The van der Waals surface area contributed by atoms with E-state index < -0.39 is 11.8 Å². The Bertz CT molecular complexity index is 822. The van der Waals surface area contributed by atoms with E-state index in [2.05, 4.69) is 26.2 Å². The Labute approximate surface area is 173 Å². The second-order valence-corrected chi connectivity index (χ2v) is 7.68. The minimum absolute atomic E-state index is 0.0628. The van der Waals surface area contributed by atoms with Gasteiger partial charge in [0.15, 0.2) is 0 Å². The van der Waals surface area contributed by atoms with Gasteiger partial charge in [-0.3, -0.25) is 14.5 Å². The van der Waals surface area contributed by atoms with E-state index in [9.17, 15) is 9.59 Å². The molecule has 1 fully saturated rings. The molecule has 0 aliphatic carbocycles. The summed E-state index contributed by atoms with van der Waals surface area (Å²) in [6.07, 6.45) is 7.66. The molecule has 1 atom stereocenters. The summed E-state index contributed by atoms with van der Waals surface area (Å²) in [4.78, 5) is 27.4. The third-order valence-electron chi connectivity index (χ3n) is 5.72. The number of aromatic nitrogens is 1. The van der Waals surface area contributed by atoms with Crippen LogP contribution < -0.4 is 10.6 Å². The van der Waals surface area contributed by atoms with Crippen molar-refractivity contribution in [3.8, 4) is 0 Å². The van der Waals surface area contributed by atoms with Crippen LogP contribution in [0, 0.1) is 0 Å². The number of benzene rings is 1. The SMILES string of the molecule is CCc1ccccc1NC(=O)C(=O)NCC(c1cccn1C)N1CCCCCC1. The summed E-state index contributed by atoms with van der Waals surface area (Å²) in [6.45, 7) is 4.47. The third-order valence-corrected chi connectivity index (χ3v) is 5.72. The van der Waals surface area contributed by atoms with Gasteiger partial charge in [-0.15, -0.1) is 0 Å². The van der Waals surface area contributed by atoms with Gasteiger partial charge < -0.3 is 15.2 Å². The molecule has 3 rings (SSSR count). The van der Waals surface area contributed by atoms with Crippen molar-refractivity contribution in [2.45, 2.75) is 45.1 Å². The first kappa shape index (κ1) is 21.1. The zero-order chi connectivity index (χ0) is 20.6. The van der Waals surface area contributed by atoms with Gasteiger partial charge >= 0.3 is 11.8 Å². The van der Waals surface area contributed by atoms with Gasteiger partial charge in [0.1, 0.15) is 0 Å². The van der Waals surface area contributed by atoms with Crippen LogP contribution in [0.15, 0.2) is 42.6 Å². The predicted octanol–water partition coefficient (Wildman–Crippen LogP) is 3.26. The van der Waals surface area contributed by atoms with E-state index in [0.29, 0.717) is 12.2 Å².